The second kappa shape index (κ2) is 3.28. The highest BCUT2D eigenvalue weighted by Crippen LogP contribution is 2.21. The quantitative estimate of drug-likeness (QED) is 0.677. The first-order chi connectivity index (χ1) is 5.27. The van der Waals surface area contributed by atoms with E-state index >= 15 is 0 Å². The summed E-state index contributed by atoms with van der Waals surface area (Å²) in [4.78, 5) is 0. The zero-order valence-corrected chi connectivity index (χ0v) is 6.89. The molecule has 0 amide bonds. The molecule has 0 radical (unpaired) electrons. The summed E-state index contributed by atoms with van der Waals surface area (Å²) >= 11 is 0. The van der Waals surface area contributed by atoms with Crippen LogP contribution in [0.3, 0.4) is 0 Å². The molecule has 1 aromatic carbocycles. The maximum absolute atomic E-state index is 9.38. The van der Waals surface area contributed by atoms with Gasteiger partial charge in [-0.25, -0.2) is 0 Å². The number of aromatic hydroxyl groups is 1. The molecule has 2 nitrogen and oxygen atoms in total. The van der Waals surface area contributed by atoms with Crippen molar-refractivity contribution in [3.8, 4) is 5.75 Å². The van der Waals surface area contributed by atoms with Crippen LogP contribution < -0.4 is 5.32 Å². The Hall–Kier alpha value is -1.18. The van der Waals surface area contributed by atoms with Crippen LogP contribution in [0.1, 0.15) is 12.5 Å². The molecule has 60 valence electrons. The second-order valence-electron chi connectivity index (χ2n) is 2.45. The van der Waals surface area contributed by atoms with E-state index in [-0.39, 0.29) is 0 Å². The van der Waals surface area contributed by atoms with Crippen molar-refractivity contribution in [3.05, 3.63) is 23.8 Å². The minimum absolute atomic E-state index is 0.374. The third-order valence-electron chi connectivity index (χ3n) is 1.75. The van der Waals surface area contributed by atoms with Crippen molar-refractivity contribution in [3.63, 3.8) is 0 Å². The van der Waals surface area contributed by atoms with Crippen molar-refractivity contribution in [2.24, 2.45) is 0 Å². The van der Waals surface area contributed by atoms with Crippen LogP contribution in [0.4, 0.5) is 5.69 Å². The summed E-state index contributed by atoms with van der Waals surface area (Å²) in [6.07, 6.45) is 0.871. The van der Waals surface area contributed by atoms with Gasteiger partial charge in [0.1, 0.15) is 5.75 Å². The number of benzene rings is 1. The fraction of sp³-hybridized carbons (Fsp3) is 0.333. The minimum atomic E-state index is 0.374. The van der Waals surface area contributed by atoms with E-state index in [0.717, 1.165) is 17.7 Å². The van der Waals surface area contributed by atoms with E-state index in [2.05, 4.69) is 5.32 Å². The fourth-order valence-corrected chi connectivity index (χ4v) is 1.02. The van der Waals surface area contributed by atoms with Gasteiger partial charge in [-0.1, -0.05) is 13.0 Å². The molecule has 2 heteroatoms. The number of aryl methyl sites for hydroxylation is 1. The monoisotopic (exact) mass is 151 g/mol. The summed E-state index contributed by atoms with van der Waals surface area (Å²) in [5.74, 6) is 0.374. The summed E-state index contributed by atoms with van der Waals surface area (Å²) in [6.45, 7) is 2.02. The Balaban J connectivity index is 2.99. The van der Waals surface area contributed by atoms with E-state index in [9.17, 15) is 5.11 Å². The highest BCUT2D eigenvalue weighted by Gasteiger charge is 1.97. The molecule has 1 rings (SSSR count). The predicted octanol–water partition coefficient (Wildman–Crippen LogP) is 2.00. The molecule has 0 fully saturated rings. The maximum Gasteiger partial charge on any atom is 0.120 e. The Morgan fingerprint density at radius 3 is 2.64 bits per heavy atom. The standard InChI is InChI=1S/C9H13NO/c1-3-7-4-5-8(10-2)6-9(7)11/h4-6,10-11H,3H2,1-2H3. The average Bonchev–Trinajstić information content (AvgIpc) is 2.04. The molecule has 0 aliphatic heterocycles. The smallest absolute Gasteiger partial charge is 0.120 e. The Labute approximate surface area is 66.9 Å². The lowest BCUT2D eigenvalue weighted by Gasteiger charge is -2.04. The highest BCUT2D eigenvalue weighted by molar-refractivity contribution is 5.50. The van der Waals surface area contributed by atoms with Gasteiger partial charge in [-0.2, -0.15) is 0 Å². The van der Waals surface area contributed by atoms with Gasteiger partial charge in [-0.3, -0.25) is 0 Å². The van der Waals surface area contributed by atoms with Crippen LogP contribution in [0.15, 0.2) is 18.2 Å². The van der Waals surface area contributed by atoms with Crippen molar-refractivity contribution in [1.29, 1.82) is 0 Å². The molecule has 0 aliphatic rings. The maximum atomic E-state index is 9.38. The molecule has 1 aromatic rings. The molecule has 0 unspecified atom stereocenters. The van der Waals surface area contributed by atoms with E-state index < -0.39 is 0 Å². The van der Waals surface area contributed by atoms with E-state index in [1.165, 1.54) is 0 Å². The van der Waals surface area contributed by atoms with Gasteiger partial charge in [-0.15, -0.1) is 0 Å². The Morgan fingerprint density at radius 2 is 2.18 bits per heavy atom. The first-order valence-electron chi connectivity index (χ1n) is 3.77. The van der Waals surface area contributed by atoms with Crippen molar-refractivity contribution in [2.45, 2.75) is 13.3 Å². The van der Waals surface area contributed by atoms with Crippen LogP contribution in [0, 0.1) is 0 Å². The van der Waals surface area contributed by atoms with Crippen LogP contribution in [-0.4, -0.2) is 12.2 Å². The second-order valence-corrected chi connectivity index (χ2v) is 2.45. The van der Waals surface area contributed by atoms with Gasteiger partial charge in [0, 0.05) is 18.8 Å². The van der Waals surface area contributed by atoms with Crippen molar-refractivity contribution >= 4 is 5.69 Å². The van der Waals surface area contributed by atoms with Gasteiger partial charge in [0.05, 0.1) is 0 Å². The van der Waals surface area contributed by atoms with Crippen LogP contribution in [0.5, 0.6) is 5.75 Å². The highest BCUT2D eigenvalue weighted by atomic mass is 16.3. The lowest BCUT2D eigenvalue weighted by molar-refractivity contribution is 0.469. The van der Waals surface area contributed by atoms with Crippen LogP contribution in [0.2, 0.25) is 0 Å². The number of phenols is 1. The molecule has 0 saturated carbocycles. The first-order valence-corrected chi connectivity index (χ1v) is 3.77. The topological polar surface area (TPSA) is 32.3 Å². The van der Waals surface area contributed by atoms with Gasteiger partial charge in [0.15, 0.2) is 0 Å². The molecule has 0 atom stereocenters. The summed E-state index contributed by atoms with van der Waals surface area (Å²) < 4.78 is 0. The van der Waals surface area contributed by atoms with Crippen molar-refractivity contribution < 1.29 is 5.11 Å². The predicted molar refractivity (Wildman–Crippen MR) is 47.0 cm³/mol. The van der Waals surface area contributed by atoms with Crippen molar-refractivity contribution in [1.82, 2.24) is 0 Å². The lowest BCUT2D eigenvalue weighted by Crippen LogP contribution is -1.88. The van der Waals surface area contributed by atoms with Gasteiger partial charge in [0.2, 0.25) is 0 Å². The Kier molecular flexibility index (Phi) is 2.36. The third kappa shape index (κ3) is 1.64. The summed E-state index contributed by atoms with van der Waals surface area (Å²) in [7, 11) is 1.83. The SMILES string of the molecule is CCc1ccc(NC)cc1O. The molecule has 11 heavy (non-hydrogen) atoms. The Bertz CT molecular complexity index is 245. The molecule has 2 N–H and O–H groups in total. The fourth-order valence-electron chi connectivity index (χ4n) is 1.02. The van der Waals surface area contributed by atoms with E-state index in [1.54, 1.807) is 6.07 Å². The first kappa shape index (κ1) is 7.92. The molecule has 0 aliphatic carbocycles. The molecular weight excluding hydrogens is 138 g/mol. The summed E-state index contributed by atoms with van der Waals surface area (Å²) in [5.41, 5.74) is 1.93. The zero-order chi connectivity index (χ0) is 8.27. The number of hydrogen-bond acceptors (Lipinski definition) is 2. The molecule has 0 bridgehead atoms. The van der Waals surface area contributed by atoms with Crippen molar-refractivity contribution in [2.75, 3.05) is 12.4 Å². The van der Waals surface area contributed by atoms with Gasteiger partial charge in [0.25, 0.3) is 0 Å². The van der Waals surface area contributed by atoms with E-state index in [1.807, 2.05) is 26.1 Å². The van der Waals surface area contributed by atoms with Gasteiger partial charge in [-0.05, 0) is 18.1 Å². The number of phenolic OH excluding ortho intramolecular Hbond substituents is 1. The average molecular weight is 151 g/mol. The lowest BCUT2D eigenvalue weighted by atomic mass is 10.1. The third-order valence-corrected chi connectivity index (χ3v) is 1.75. The molecule has 0 saturated heterocycles. The minimum Gasteiger partial charge on any atom is -0.508 e. The number of anilines is 1. The number of rotatable bonds is 2. The zero-order valence-electron chi connectivity index (χ0n) is 6.89. The van der Waals surface area contributed by atoms with E-state index in [0.29, 0.717) is 5.75 Å². The van der Waals surface area contributed by atoms with Crippen LogP contribution >= 0.6 is 0 Å². The Morgan fingerprint density at radius 1 is 1.45 bits per heavy atom. The molecule has 0 aromatic heterocycles. The number of nitrogens with one attached hydrogen (secondary N) is 1. The molecular formula is C9H13NO. The van der Waals surface area contributed by atoms with Crippen LogP contribution in [-0.2, 0) is 6.42 Å². The molecule has 0 spiro atoms. The summed E-state index contributed by atoms with van der Waals surface area (Å²) in [6, 6.07) is 5.62. The normalized spacial score (nSPS) is 9.64. The van der Waals surface area contributed by atoms with Gasteiger partial charge < -0.3 is 10.4 Å². The van der Waals surface area contributed by atoms with Crippen LogP contribution in [0.25, 0.3) is 0 Å². The summed E-state index contributed by atoms with van der Waals surface area (Å²) in [5, 5.41) is 12.3. The number of hydrogen-bond donors (Lipinski definition) is 2. The van der Waals surface area contributed by atoms with E-state index in [4.69, 9.17) is 0 Å². The molecule has 0 heterocycles. The van der Waals surface area contributed by atoms with Gasteiger partial charge >= 0.3 is 0 Å². The largest absolute Gasteiger partial charge is 0.508 e.